The highest BCUT2D eigenvalue weighted by molar-refractivity contribution is 5.85. The van der Waals surface area contributed by atoms with Gasteiger partial charge in [-0.2, -0.15) is 0 Å². The molecule has 0 bridgehead atoms. The first-order valence-corrected chi connectivity index (χ1v) is 3.65. The quantitative estimate of drug-likeness (QED) is 0.525. The average Bonchev–Trinajstić information content (AvgIpc) is 1.94. The Morgan fingerprint density at radius 2 is 1.33 bits per heavy atom. The molecule has 0 aliphatic heterocycles. The van der Waals surface area contributed by atoms with Gasteiger partial charge in [-0.15, -0.1) is 12.4 Å². The fourth-order valence-electron chi connectivity index (χ4n) is 1.31. The van der Waals surface area contributed by atoms with Crippen LogP contribution in [-0.2, 0) is 0 Å². The van der Waals surface area contributed by atoms with Gasteiger partial charge in [-0.05, 0) is 12.8 Å². The maximum atomic E-state index is 5.73. The van der Waals surface area contributed by atoms with Gasteiger partial charge in [0, 0.05) is 6.04 Å². The molecule has 0 aromatic carbocycles. The molecule has 0 spiro atoms. The molecule has 0 amide bonds. The summed E-state index contributed by atoms with van der Waals surface area (Å²) in [6, 6.07) is 0.525. The van der Waals surface area contributed by atoms with Crippen LogP contribution in [0.4, 0.5) is 0 Å². The molecule has 9 heavy (non-hydrogen) atoms. The molecule has 0 atom stereocenters. The second kappa shape index (κ2) is 5.07. The first kappa shape index (κ1) is 9.25. The average molecular weight is 150 g/mol. The van der Waals surface area contributed by atoms with Gasteiger partial charge < -0.3 is 5.73 Å². The molecular formula is C7H16ClN. The SMILES string of the molecule is Cl.NC1CCCCCC1. The van der Waals surface area contributed by atoms with Gasteiger partial charge in [0.1, 0.15) is 0 Å². The normalized spacial score (nSPS) is 22.3. The lowest BCUT2D eigenvalue weighted by atomic mass is 10.1. The van der Waals surface area contributed by atoms with Crippen LogP contribution in [0.15, 0.2) is 0 Å². The van der Waals surface area contributed by atoms with E-state index in [0.717, 1.165) is 0 Å². The summed E-state index contributed by atoms with van der Waals surface area (Å²) in [5.74, 6) is 0. The summed E-state index contributed by atoms with van der Waals surface area (Å²) >= 11 is 0. The summed E-state index contributed by atoms with van der Waals surface area (Å²) in [6.45, 7) is 0. The predicted octanol–water partition coefficient (Wildman–Crippen LogP) is 2.09. The van der Waals surface area contributed by atoms with Crippen molar-refractivity contribution in [2.45, 2.75) is 44.6 Å². The summed E-state index contributed by atoms with van der Waals surface area (Å²) in [5, 5.41) is 0. The van der Waals surface area contributed by atoms with E-state index in [1.165, 1.54) is 38.5 Å². The Balaban J connectivity index is 0.000000640. The molecule has 2 heteroatoms. The van der Waals surface area contributed by atoms with Crippen molar-refractivity contribution >= 4 is 12.4 Å². The monoisotopic (exact) mass is 149 g/mol. The molecule has 0 aromatic heterocycles. The molecular weight excluding hydrogens is 134 g/mol. The second-order valence-corrected chi connectivity index (χ2v) is 2.75. The first-order chi connectivity index (χ1) is 3.89. The van der Waals surface area contributed by atoms with E-state index in [1.54, 1.807) is 0 Å². The second-order valence-electron chi connectivity index (χ2n) is 2.75. The third-order valence-corrected chi connectivity index (χ3v) is 1.90. The molecule has 1 rings (SSSR count). The Morgan fingerprint density at radius 3 is 1.78 bits per heavy atom. The highest BCUT2D eigenvalue weighted by atomic mass is 35.5. The van der Waals surface area contributed by atoms with Crippen LogP contribution in [0.2, 0.25) is 0 Å². The van der Waals surface area contributed by atoms with Crippen molar-refractivity contribution in [2.24, 2.45) is 5.73 Å². The van der Waals surface area contributed by atoms with Gasteiger partial charge in [-0.3, -0.25) is 0 Å². The molecule has 2 N–H and O–H groups in total. The standard InChI is InChI=1S/C7H15N.ClH/c8-7-5-3-1-2-4-6-7;/h7H,1-6,8H2;1H. The topological polar surface area (TPSA) is 26.0 Å². The van der Waals surface area contributed by atoms with Crippen molar-refractivity contribution < 1.29 is 0 Å². The molecule has 56 valence electrons. The van der Waals surface area contributed by atoms with Crippen molar-refractivity contribution in [3.8, 4) is 0 Å². The Kier molecular flexibility index (Phi) is 5.21. The fourth-order valence-corrected chi connectivity index (χ4v) is 1.31. The zero-order chi connectivity index (χ0) is 5.82. The zero-order valence-electron chi connectivity index (χ0n) is 5.81. The molecule has 0 saturated heterocycles. The van der Waals surface area contributed by atoms with E-state index >= 15 is 0 Å². The molecule has 0 unspecified atom stereocenters. The van der Waals surface area contributed by atoms with E-state index in [1.807, 2.05) is 0 Å². The van der Waals surface area contributed by atoms with Crippen molar-refractivity contribution in [3.05, 3.63) is 0 Å². The van der Waals surface area contributed by atoms with Crippen LogP contribution < -0.4 is 5.73 Å². The number of nitrogens with two attached hydrogens (primary N) is 1. The Bertz CT molecular complexity index is 57.9. The van der Waals surface area contributed by atoms with Crippen LogP contribution >= 0.6 is 12.4 Å². The Hall–Kier alpha value is 0.250. The molecule has 1 aliphatic carbocycles. The summed E-state index contributed by atoms with van der Waals surface area (Å²) in [5.41, 5.74) is 5.73. The van der Waals surface area contributed by atoms with Crippen LogP contribution in [-0.4, -0.2) is 6.04 Å². The van der Waals surface area contributed by atoms with Gasteiger partial charge in [0.25, 0.3) is 0 Å². The summed E-state index contributed by atoms with van der Waals surface area (Å²) < 4.78 is 0. The van der Waals surface area contributed by atoms with Crippen LogP contribution in [0.25, 0.3) is 0 Å². The van der Waals surface area contributed by atoms with Crippen molar-refractivity contribution in [2.75, 3.05) is 0 Å². The first-order valence-electron chi connectivity index (χ1n) is 3.65. The van der Waals surface area contributed by atoms with Gasteiger partial charge in [-0.1, -0.05) is 25.7 Å². The highest BCUT2D eigenvalue weighted by Crippen LogP contribution is 2.14. The maximum Gasteiger partial charge on any atom is 0.00388 e. The number of halogens is 1. The largest absolute Gasteiger partial charge is 0.328 e. The van der Waals surface area contributed by atoms with E-state index in [0.29, 0.717) is 6.04 Å². The van der Waals surface area contributed by atoms with E-state index in [9.17, 15) is 0 Å². The number of rotatable bonds is 0. The van der Waals surface area contributed by atoms with Crippen LogP contribution in [0.5, 0.6) is 0 Å². The molecule has 1 fully saturated rings. The van der Waals surface area contributed by atoms with Crippen LogP contribution in [0, 0.1) is 0 Å². The minimum Gasteiger partial charge on any atom is -0.328 e. The van der Waals surface area contributed by atoms with Gasteiger partial charge in [0.05, 0.1) is 0 Å². The Morgan fingerprint density at radius 1 is 0.889 bits per heavy atom. The van der Waals surface area contributed by atoms with Crippen molar-refractivity contribution in [1.29, 1.82) is 0 Å². The minimum absolute atomic E-state index is 0. The van der Waals surface area contributed by atoms with E-state index in [-0.39, 0.29) is 12.4 Å². The molecule has 0 aromatic rings. The number of hydrogen-bond donors (Lipinski definition) is 1. The van der Waals surface area contributed by atoms with Gasteiger partial charge in [0.15, 0.2) is 0 Å². The van der Waals surface area contributed by atoms with Gasteiger partial charge in [-0.25, -0.2) is 0 Å². The molecule has 0 heterocycles. The molecule has 0 radical (unpaired) electrons. The third kappa shape index (κ3) is 3.77. The summed E-state index contributed by atoms with van der Waals surface area (Å²) in [7, 11) is 0. The van der Waals surface area contributed by atoms with E-state index < -0.39 is 0 Å². The lowest BCUT2D eigenvalue weighted by Crippen LogP contribution is -2.17. The van der Waals surface area contributed by atoms with Crippen molar-refractivity contribution in [1.82, 2.24) is 0 Å². The van der Waals surface area contributed by atoms with E-state index in [4.69, 9.17) is 5.73 Å². The lowest BCUT2D eigenvalue weighted by molar-refractivity contribution is 0.583. The van der Waals surface area contributed by atoms with Crippen LogP contribution in [0.3, 0.4) is 0 Å². The smallest absolute Gasteiger partial charge is 0.00388 e. The maximum absolute atomic E-state index is 5.73. The van der Waals surface area contributed by atoms with Gasteiger partial charge in [0.2, 0.25) is 0 Å². The van der Waals surface area contributed by atoms with E-state index in [2.05, 4.69) is 0 Å². The minimum atomic E-state index is 0. The lowest BCUT2D eigenvalue weighted by Gasteiger charge is -2.03. The fraction of sp³-hybridized carbons (Fsp3) is 1.00. The molecule has 1 saturated carbocycles. The summed E-state index contributed by atoms with van der Waals surface area (Å²) in [4.78, 5) is 0. The molecule has 1 nitrogen and oxygen atoms in total. The molecule has 1 aliphatic rings. The number of hydrogen-bond acceptors (Lipinski definition) is 1. The third-order valence-electron chi connectivity index (χ3n) is 1.90. The van der Waals surface area contributed by atoms with Gasteiger partial charge >= 0.3 is 0 Å². The zero-order valence-corrected chi connectivity index (χ0v) is 6.62. The predicted molar refractivity (Wildman–Crippen MR) is 42.9 cm³/mol. The van der Waals surface area contributed by atoms with Crippen LogP contribution in [0.1, 0.15) is 38.5 Å². The van der Waals surface area contributed by atoms with Crippen molar-refractivity contribution in [3.63, 3.8) is 0 Å². The highest BCUT2D eigenvalue weighted by Gasteiger charge is 2.05. The summed E-state index contributed by atoms with van der Waals surface area (Å²) in [6.07, 6.45) is 8.07. The Labute approximate surface area is 63.4 Å².